The van der Waals surface area contributed by atoms with Gasteiger partial charge in [0.2, 0.25) is 5.91 Å². The predicted molar refractivity (Wildman–Crippen MR) is 430 cm³/mol. The standard InChI is InChI=1S/C87H115F6N9O14/c1-23-25-34-111-53(7)74-51(5)64-39-63-50(4)61(77(97-63)76-78-75(52(6)65(98-78)40-66-60(24-2)49(3)62(95-66)41-67(74)96-64)79(109)102(80(76)110)42-55-35-56(86(88,89)90)38-57(36-55)87(91,92)93)30-31-68(103)94-58-28-26-54(27-29-58)37-59(101(47-72(107)115-84(17,18)19)48-73(108)116-85(20,21)22)43-99(44-69(104)112-81(8,9)10)32-33-100(45-70(105)113-82(11,12)13)46-71(106)114-83(14,15)16/h26-29,35-36,38-41,50,53,59,61,97-98H,23-25,30-34,37,42-48H2,1-22H3,(H,94,103)/t50-,53?,59?,61-/m0/s1. The van der Waals surface area contributed by atoms with Gasteiger partial charge in [0, 0.05) is 78.7 Å². The number of imide groups is 1. The van der Waals surface area contributed by atoms with Gasteiger partial charge < -0.3 is 43.7 Å². The molecule has 8 bridgehead atoms. The molecule has 4 aliphatic heterocycles. The van der Waals surface area contributed by atoms with Gasteiger partial charge in [-0.05, 0) is 239 Å². The van der Waals surface area contributed by atoms with Crippen LogP contribution in [0.25, 0.3) is 33.3 Å². The smallest absolute Gasteiger partial charge is 0.416 e. The summed E-state index contributed by atoms with van der Waals surface area (Å²) in [5, 5.41) is 2.99. The van der Waals surface area contributed by atoms with E-state index >= 15 is 9.59 Å². The third-order valence-corrected chi connectivity index (χ3v) is 19.6. The Hall–Kier alpha value is -9.32. The number of amides is 3. The molecule has 0 saturated heterocycles. The second kappa shape index (κ2) is 36.7. The molecule has 0 aliphatic carbocycles. The number of alkyl halides is 6. The van der Waals surface area contributed by atoms with Crippen molar-refractivity contribution in [3.8, 4) is 0 Å². The van der Waals surface area contributed by atoms with Gasteiger partial charge in [-0.3, -0.25) is 58.0 Å². The van der Waals surface area contributed by atoms with Crippen LogP contribution in [0.2, 0.25) is 0 Å². The minimum Gasteiger partial charge on any atom is -0.459 e. The van der Waals surface area contributed by atoms with Crippen LogP contribution >= 0.6 is 0 Å². The third kappa shape index (κ3) is 25.4. The van der Waals surface area contributed by atoms with Gasteiger partial charge in [-0.1, -0.05) is 39.3 Å². The molecule has 0 radical (unpaired) electrons. The lowest BCUT2D eigenvalue weighted by molar-refractivity contribution is -0.163. The average Bonchev–Trinajstić information content (AvgIpc) is 1.56. The van der Waals surface area contributed by atoms with Gasteiger partial charge in [0.25, 0.3) is 11.8 Å². The molecule has 2 unspecified atom stereocenters. The molecule has 4 aromatic rings. The topological polar surface area (TPSA) is 274 Å². The van der Waals surface area contributed by atoms with E-state index in [2.05, 4.69) is 22.2 Å². The largest absolute Gasteiger partial charge is 0.459 e. The maximum absolute atomic E-state index is 15.8. The molecule has 3 amide bonds. The van der Waals surface area contributed by atoms with Crippen LogP contribution in [-0.2, 0) is 82.5 Å². The Labute approximate surface area is 676 Å². The summed E-state index contributed by atoms with van der Waals surface area (Å²) >= 11 is 0. The molecule has 634 valence electrons. The fourth-order valence-corrected chi connectivity index (χ4v) is 14.5. The second-order valence-electron chi connectivity index (χ2n) is 35.3. The van der Waals surface area contributed by atoms with Crippen molar-refractivity contribution >= 4 is 86.6 Å². The number of esters is 5. The minimum absolute atomic E-state index is 0.00228. The number of carbonyl (C=O) groups is 8. The first-order valence-corrected chi connectivity index (χ1v) is 39.5. The number of rotatable bonds is 30. The zero-order chi connectivity index (χ0) is 86.4. The number of anilines is 1. The molecule has 3 N–H and O–H groups in total. The Kier molecular flexibility index (Phi) is 29.2. The molecule has 2 aromatic carbocycles. The van der Waals surface area contributed by atoms with Crippen molar-refractivity contribution in [2.75, 3.05) is 64.3 Å². The first-order valence-electron chi connectivity index (χ1n) is 39.5. The number of carbonyl (C=O) groups excluding carboxylic acids is 8. The molecule has 2 aromatic heterocycles. The van der Waals surface area contributed by atoms with Crippen molar-refractivity contribution in [3.63, 3.8) is 0 Å². The summed E-state index contributed by atoms with van der Waals surface area (Å²) in [6.45, 7) is 36.5. The number of aromatic nitrogens is 4. The molecule has 0 saturated carbocycles. The zero-order valence-corrected chi connectivity index (χ0v) is 71.1. The minimum atomic E-state index is -5.25. The lowest BCUT2D eigenvalue weighted by Crippen LogP contribution is -2.52. The molecule has 23 nitrogen and oxygen atoms in total. The average molecular weight is 1620 g/mol. The Morgan fingerprint density at radius 2 is 1.06 bits per heavy atom. The highest BCUT2D eigenvalue weighted by molar-refractivity contribution is 6.23. The highest BCUT2D eigenvalue weighted by Crippen LogP contribution is 2.46. The number of unbranched alkanes of at least 4 members (excludes halogenated alkanes) is 1. The summed E-state index contributed by atoms with van der Waals surface area (Å²) < 4.78 is 122. The summed E-state index contributed by atoms with van der Waals surface area (Å²) in [6, 6.07) is 12.4. The fourth-order valence-electron chi connectivity index (χ4n) is 14.5. The van der Waals surface area contributed by atoms with Crippen LogP contribution in [0.3, 0.4) is 0 Å². The first kappa shape index (κ1) is 92.2. The molecule has 4 atom stereocenters. The number of nitrogens with one attached hydrogen (secondary N) is 3. The Balaban J connectivity index is 1.21. The van der Waals surface area contributed by atoms with E-state index in [1.54, 1.807) is 156 Å². The monoisotopic (exact) mass is 1620 g/mol. The fraction of sp³-hybridized carbons (Fsp3) is 0.563. The van der Waals surface area contributed by atoms with Crippen molar-refractivity contribution < 1.29 is 93.1 Å². The molecule has 4 aliphatic rings. The van der Waals surface area contributed by atoms with Gasteiger partial charge in [-0.2, -0.15) is 26.3 Å². The number of hydrogen-bond acceptors (Lipinski definition) is 19. The SMILES string of the molecule is CCCCOC(C)C1=C(C)c2cc3[nH]c(c4c5[nH]c(cc6nc(cc1n2)C(C)=C6CC)c(C)c5C(=O)N(Cc1cc(C(F)(F)F)cc(C(F)(F)F)c1)C4=O)[C@@H](CCC(=O)Nc1ccc(CC(CN(CCN(CC(=O)OC(C)(C)C)CC(=O)OC(C)(C)C)CC(=O)OC(C)(C)C)N(CC(=O)OC(C)(C)C)CC(=O)OC(C)(C)C)cc1)[C@@H]3C. The van der Waals surface area contributed by atoms with Crippen molar-refractivity contribution in [1.29, 1.82) is 0 Å². The number of H-pyrrole nitrogens is 2. The molecule has 6 heterocycles. The third-order valence-electron chi connectivity index (χ3n) is 19.6. The van der Waals surface area contributed by atoms with Crippen molar-refractivity contribution in [2.24, 2.45) is 0 Å². The van der Waals surface area contributed by atoms with Gasteiger partial charge in [0.05, 0.1) is 95.9 Å². The summed E-state index contributed by atoms with van der Waals surface area (Å²) in [5.41, 5.74) is -0.713. The lowest BCUT2D eigenvalue weighted by atomic mass is 9.84. The Morgan fingerprint density at radius 1 is 0.578 bits per heavy atom. The number of halogens is 6. The first-order chi connectivity index (χ1) is 53.6. The normalized spacial score (nSPS) is 16.0. The van der Waals surface area contributed by atoms with E-state index in [9.17, 15) is 55.1 Å². The van der Waals surface area contributed by atoms with E-state index in [0.717, 1.165) is 35.1 Å². The number of aryl methyl sites for hydroxylation is 1. The van der Waals surface area contributed by atoms with E-state index in [-0.39, 0.29) is 86.9 Å². The van der Waals surface area contributed by atoms with Crippen LogP contribution in [0, 0.1) is 6.92 Å². The van der Waals surface area contributed by atoms with Crippen LogP contribution in [0.4, 0.5) is 32.0 Å². The second-order valence-corrected chi connectivity index (χ2v) is 35.3. The quantitative estimate of drug-likeness (QED) is 0.0144. The van der Waals surface area contributed by atoms with Gasteiger partial charge in [0.15, 0.2) is 0 Å². The van der Waals surface area contributed by atoms with Crippen LogP contribution < -0.4 is 5.32 Å². The molecule has 0 fully saturated rings. The number of benzene rings is 2. The summed E-state index contributed by atoms with van der Waals surface area (Å²) in [6.07, 6.45) is -8.83. The number of nitrogens with zero attached hydrogens (tertiary/aromatic N) is 6. The Bertz CT molecular complexity index is 4540. The number of allylic oxidation sites excluding steroid dienone is 3. The van der Waals surface area contributed by atoms with Crippen LogP contribution in [0.15, 0.2) is 60.7 Å². The maximum Gasteiger partial charge on any atom is 0.416 e. The molecule has 8 rings (SSSR count). The van der Waals surface area contributed by atoms with Crippen LogP contribution in [0.5, 0.6) is 0 Å². The lowest BCUT2D eigenvalue weighted by Gasteiger charge is -2.36. The highest BCUT2D eigenvalue weighted by atomic mass is 19.4. The predicted octanol–water partition coefficient (Wildman–Crippen LogP) is 16.5. The van der Waals surface area contributed by atoms with Gasteiger partial charge in [-0.15, -0.1) is 0 Å². The molecule has 0 spiro atoms. The number of fused-ring (bicyclic) bond motifs is 8. The van der Waals surface area contributed by atoms with Crippen molar-refractivity contribution in [2.45, 2.75) is 262 Å². The van der Waals surface area contributed by atoms with E-state index < -0.39 is 148 Å². The molecule has 29 heteroatoms. The van der Waals surface area contributed by atoms with Crippen molar-refractivity contribution in [1.82, 2.24) is 39.5 Å². The number of ether oxygens (including phenoxy) is 6. The molecular formula is C87H115F6N9O14. The van der Waals surface area contributed by atoms with Gasteiger partial charge in [-0.25, -0.2) is 9.97 Å². The van der Waals surface area contributed by atoms with Crippen LogP contribution in [0.1, 0.15) is 272 Å². The Morgan fingerprint density at radius 3 is 1.56 bits per heavy atom. The van der Waals surface area contributed by atoms with Crippen molar-refractivity contribution in [3.05, 3.63) is 134 Å². The zero-order valence-electron chi connectivity index (χ0n) is 71.1. The van der Waals surface area contributed by atoms with Gasteiger partial charge in [0.1, 0.15) is 28.0 Å². The number of hydrogen-bond donors (Lipinski definition) is 3. The van der Waals surface area contributed by atoms with Gasteiger partial charge >= 0.3 is 42.2 Å². The molecule has 116 heavy (non-hydrogen) atoms. The maximum atomic E-state index is 15.8. The summed E-state index contributed by atoms with van der Waals surface area (Å²) in [5.74, 6) is -7.11. The molecular weight excluding hydrogens is 1510 g/mol. The van der Waals surface area contributed by atoms with Crippen LogP contribution in [-0.4, -0.2) is 186 Å². The highest BCUT2D eigenvalue weighted by Gasteiger charge is 2.44. The van der Waals surface area contributed by atoms with E-state index in [1.807, 2.05) is 46.8 Å². The summed E-state index contributed by atoms with van der Waals surface area (Å²) in [7, 11) is 0. The van der Waals surface area contributed by atoms with E-state index in [1.165, 1.54) is 0 Å². The van der Waals surface area contributed by atoms with E-state index in [4.69, 9.17) is 38.4 Å². The van der Waals surface area contributed by atoms with E-state index in [0.29, 0.717) is 80.9 Å². The number of aromatic amines is 2. The summed E-state index contributed by atoms with van der Waals surface area (Å²) in [4.78, 5) is 138.